The molecular formula is C16H17NO4. The van der Waals surface area contributed by atoms with Crippen molar-refractivity contribution in [1.82, 2.24) is 0 Å². The van der Waals surface area contributed by atoms with E-state index in [-0.39, 0.29) is 5.69 Å². The van der Waals surface area contributed by atoms with Crippen molar-refractivity contribution in [3.8, 4) is 5.75 Å². The Morgan fingerprint density at radius 1 is 1.24 bits per heavy atom. The molecule has 0 radical (unpaired) electrons. The van der Waals surface area contributed by atoms with Crippen LogP contribution in [0.2, 0.25) is 0 Å². The molecule has 0 amide bonds. The molecule has 2 aromatic rings. The van der Waals surface area contributed by atoms with Crippen LogP contribution >= 0.6 is 0 Å². The van der Waals surface area contributed by atoms with Crippen LogP contribution in [0.15, 0.2) is 42.5 Å². The third-order valence-electron chi connectivity index (χ3n) is 3.16. The van der Waals surface area contributed by atoms with Crippen molar-refractivity contribution >= 4 is 5.69 Å². The largest absolute Gasteiger partial charge is 0.489 e. The zero-order valence-electron chi connectivity index (χ0n) is 11.9. The summed E-state index contributed by atoms with van der Waals surface area (Å²) >= 11 is 0. The third kappa shape index (κ3) is 3.79. The van der Waals surface area contributed by atoms with Crippen molar-refractivity contribution in [2.24, 2.45) is 0 Å². The van der Waals surface area contributed by atoms with Crippen molar-refractivity contribution in [2.75, 3.05) is 0 Å². The molecule has 21 heavy (non-hydrogen) atoms. The molecule has 1 N–H and O–H groups in total. The number of aryl methyl sites for hydroxylation is 1. The predicted molar refractivity (Wildman–Crippen MR) is 79.2 cm³/mol. The smallest absolute Gasteiger partial charge is 0.269 e. The number of hydrogen-bond donors (Lipinski definition) is 1. The lowest BCUT2D eigenvalue weighted by Crippen LogP contribution is -2.01. The molecule has 0 heterocycles. The number of non-ortho nitro benzene ring substituents is 1. The average molecular weight is 287 g/mol. The molecule has 0 unspecified atom stereocenters. The molecule has 2 rings (SSSR count). The van der Waals surface area contributed by atoms with Gasteiger partial charge < -0.3 is 9.84 Å². The molecule has 0 saturated heterocycles. The van der Waals surface area contributed by atoms with Gasteiger partial charge in [0.2, 0.25) is 0 Å². The third-order valence-corrected chi connectivity index (χ3v) is 3.16. The number of nitro benzene ring substituents is 1. The maximum Gasteiger partial charge on any atom is 0.269 e. The van der Waals surface area contributed by atoms with Crippen molar-refractivity contribution in [3.05, 3.63) is 69.3 Å². The van der Waals surface area contributed by atoms with Gasteiger partial charge in [0.1, 0.15) is 12.4 Å². The van der Waals surface area contributed by atoms with Crippen LogP contribution in [0, 0.1) is 17.0 Å². The maximum atomic E-state index is 10.6. The normalized spacial score (nSPS) is 12.0. The molecule has 5 heteroatoms. The molecule has 1 atom stereocenters. The predicted octanol–water partition coefficient (Wildman–Crippen LogP) is 3.54. The minimum Gasteiger partial charge on any atom is -0.489 e. The number of aliphatic hydroxyl groups is 1. The van der Waals surface area contributed by atoms with E-state index in [1.807, 2.05) is 25.1 Å². The summed E-state index contributed by atoms with van der Waals surface area (Å²) in [5.41, 5.74) is 2.67. The minimum atomic E-state index is -0.614. The summed E-state index contributed by atoms with van der Waals surface area (Å²) in [4.78, 5) is 10.2. The fourth-order valence-electron chi connectivity index (χ4n) is 2.00. The zero-order valence-corrected chi connectivity index (χ0v) is 11.9. The van der Waals surface area contributed by atoms with E-state index in [0.717, 1.165) is 16.7 Å². The van der Waals surface area contributed by atoms with E-state index in [1.54, 1.807) is 19.1 Å². The second kappa shape index (κ2) is 6.37. The van der Waals surface area contributed by atoms with Gasteiger partial charge in [-0.3, -0.25) is 10.1 Å². The summed E-state index contributed by atoms with van der Waals surface area (Å²) in [6.07, 6.45) is -0.614. The highest BCUT2D eigenvalue weighted by Crippen LogP contribution is 2.27. The van der Waals surface area contributed by atoms with Crippen LogP contribution in [-0.4, -0.2) is 10.0 Å². The van der Waals surface area contributed by atoms with Crippen LogP contribution in [0.25, 0.3) is 0 Å². The van der Waals surface area contributed by atoms with Crippen LogP contribution in [0.5, 0.6) is 5.75 Å². The van der Waals surface area contributed by atoms with Crippen molar-refractivity contribution < 1.29 is 14.8 Å². The minimum absolute atomic E-state index is 0.0544. The Morgan fingerprint density at radius 3 is 2.48 bits per heavy atom. The number of ether oxygens (including phenoxy) is 1. The van der Waals surface area contributed by atoms with Gasteiger partial charge in [0.15, 0.2) is 0 Å². The zero-order chi connectivity index (χ0) is 15.4. The number of nitrogens with zero attached hydrogens (tertiary/aromatic N) is 1. The van der Waals surface area contributed by atoms with Crippen molar-refractivity contribution in [1.29, 1.82) is 0 Å². The summed E-state index contributed by atoms with van der Waals surface area (Å²) in [6.45, 7) is 3.93. The Labute approximate surface area is 123 Å². The van der Waals surface area contributed by atoms with Crippen LogP contribution in [0.4, 0.5) is 5.69 Å². The van der Waals surface area contributed by atoms with E-state index < -0.39 is 11.0 Å². The molecule has 0 aliphatic heterocycles. The Bertz CT molecular complexity index is 635. The first-order valence-electron chi connectivity index (χ1n) is 6.62. The highest BCUT2D eigenvalue weighted by atomic mass is 16.6. The average Bonchev–Trinajstić information content (AvgIpc) is 2.46. The van der Waals surface area contributed by atoms with Crippen LogP contribution in [0.1, 0.15) is 29.7 Å². The van der Waals surface area contributed by atoms with Gasteiger partial charge in [-0.15, -0.1) is 0 Å². The Morgan fingerprint density at radius 2 is 1.90 bits per heavy atom. The summed E-state index contributed by atoms with van der Waals surface area (Å²) < 4.78 is 5.71. The van der Waals surface area contributed by atoms with E-state index in [2.05, 4.69) is 0 Å². The van der Waals surface area contributed by atoms with E-state index in [1.165, 1.54) is 12.1 Å². The molecule has 2 aromatic carbocycles. The van der Waals surface area contributed by atoms with Gasteiger partial charge >= 0.3 is 0 Å². The fourth-order valence-corrected chi connectivity index (χ4v) is 2.00. The molecule has 110 valence electrons. The number of hydrogen-bond acceptors (Lipinski definition) is 4. The van der Waals surface area contributed by atoms with E-state index in [9.17, 15) is 15.2 Å². The number of benzene rings is 2. The fraction of sp³-hybridized carbons (Fsp3) is 0.250. The number of aliphatic hydroxyl groups excluding tert-OH is 1. The highest BCUT2D eigenvalue weighted by molar-refractivity contribution is 5.39. The second-order valence-electron chi connectivity index (χ2n) is 4.93. The van der Waals surface area contributed by atoms with E-state index in [0.29, 0.717) is 12.4 Å². The van der Waals surface area contributed by atoms with Crippen molar-refractivity contribution in [2.45, 2.75) is 26.6 Å². The SMILES string of the molecule is Cc1ccc(OCc2ccc([N+](=O)[O-])cc2)c([C@H](C)O)c1. The summed E-state index contributed by atoms with van der Waals surface area (Å²) in [6, 6.07) is 11.8. The van der Waals surface area contributed by atoms with E-state index >= 15 is 0 Å². The summed E-state index contributed by atoms with van der Waals surface area (Å²) in [5.74, 6) is 0.619. The van der Waals surface area contributed by atoms with Gasteiger partial charge in [-0.25, -0.2) is 0 Å². The molecule has 0 fully saturated rings. The second-order valence-corrected chi connectivity index (χ2v) is 4.93. The number of nitro groups is 1. The van der Waals surface area contributed by atoms with Gasteiger partial charge in [0, 0.05) is 17.7 Å². The first-order valence-corrected chi connectivity index (χ1v) is 6.62. The molecular weight excluding hydrogens is 270 g/mol. The van der Waals surface area contributed by atoms with Gasteiger partial charge in [-0.2, -0.15) is 0 Å². The van der Waals surface area contributed by atoms with E-state index in [4.69, 9.17) is 4.74 Å². The van der Waals surface area contributed by atoms with Crippen LogP contribution in [0.3, 0.4) is 0 Å². The first-order chi connectivity index (χ1) is 9.97. The lowest BCUT2D eigenvalue weighted by Gasteiger charge is -2.14. The molecule has 5 nitrogen and oxygen atoms in total. The summed E-state index contributed by atoms with van der Waals surface area (Å²) in [7, 11) is 0. The van der Waals surface area contributed by atoms with Crippen molar-refractivity contribution in [3.63, 3.8) is 0 Å². The van der Waals surface area contributed by atoms with Crippen LogP contribution in [-0.2, 0) is 6.61 Å². The molecule has 0 bridgehead atoms. The van der Waals surface area contributed by atoms with Gasteiger partial charge in [0.25, 0.3) is 5.69 Å². The number of rotatable bonds is 5. The topological polar surface area (TPSA) is 72.6 Å². The Hall–Kier alpha value is -2.40. The quantitative estimate of drug-likeness (QED) is 0.674. The van der Waals surface area contributed by atoms with Gasteiger partial charge in [-0.1, -0.05) is 11.6 Å². The molecule has 0 aliphatic carbocycles. The lowest BCUT2D eigenvalue weighted by atomic mass is 10.1. The van der Waals surface area contributed by atoms with Crippen LogP contribution < -0.4 is 4.74 Å². The standard InChI is InChI=1S/C16H17NO4/c1-11-3-8-16(15(9-11)12(2)18)21-10-13-4-6-14(7-5-13)17(19)20/h3-9,12,18H,10H2,1-2H3/t12-/m0/s1. The highest BCUT2D eigenvalue weighted by Gasteiger charge is 2.10. The van der Waals surface area contributed by atoms with Gasteiger partial charge in [0.05, 0.1) is 11.0 Å². The summed E-state index contributed by atoms with van der Waals surface area (Å²) in [5, 5.41) is 20.4. The first kappa shape index (κ1) is 15.0. The Kier molecular flexibility index (Phi) is 4.55. The molecule has 0 aliphatic rings. The molecule has 0 saturated carbocycles. The lowest BCUT2D eigenvalue weighted by molar-refractivity contribution is -0.384. The maximum absolute atomic E-state index is 10.6. The Balaban J connectivity index is 2.11. The molecule has 0 spiro atoms. The monoisotopic (exact) mass is 287 g/mol. The molecule has 0 aromatic heterocycles. The van der Waals surface area contributed by atoms with Gasteiger partial charge in [-0.05, 0) is 43.7 Å².